The largest absolute Gasteiger partial charge is 0.311 e. The van der Waals surface area contributed by atoms with Gasteiger partial charge in [0.05, 0.1) is 11.4 Å². The molecule has 0 amide bonds. The van der Waals surface area contributed by atoms with Gasteiger partial charge in [-0.25, -0.2) is 0 Å². The first-order valence-corrected chi connectivity index (χ1v) is 7.14. The van der Waals surface area contributed by atoms with Crippen molar-refractivity contribution in [2.75, 3.05) is 6.54 Å². The maximum atomic E-state index is 4.57. The summed E-state index contributed by atoms with van der Waals surface area (Å²) in [6, 6.07) is 2.22. The molecule has 1 unspecified atom stereocenters. The van der Waals surface area contributed by atoms with E-state index in [0.29, 0.717) is 11.3 Å². The first-order chi connectivity index (χ1) is 8.38. The smallest absolute Gasteiger partial charge is 0.0625 e. The van der Waals surface area contributed by atoms with E-state index < -0.39 is 0 Å². The quantitative estimate of drug-likeness (QED) is 0.841. The molecule has 1 atom stereocenters. The van der Waals surface area contributed by atoms with Crippen molar-refractivity contribution in [3.8, 4) is 0 Å². The van der Waals surface area contributed by atoms with Crippen LogP contribution in [-0.4, -0.2) is 16.3 Å². The molecule has 1 rings (SSSR count). The molecule has 1 N–H and O–H groups in total. The molecule has 0 aliphatic rings. The van der Waals surface area contributed by atoms with Crippen LogP contribution < -0.4 is 5.32 Å². The van der Waals surface area contributed by atoms with E-state index in [9.17, 15) is 0 Å². The van der Waals surface area contributed by atoms with Gasteiger partial charge in [-0.05, 0) is 37.3 Å². The Morgan fingerprint density at radius 3 is 2.50 bits per heavy atom. The summed E-state index contributed by atoms with van der Waals surface area (Å²) in [4.78, 5) is 0. The van der Waals surface area contributed by atoms with Crippen molar-refractivity contribution < 1.29 is 0 Å². The lowest BCUT2D eigenvalue weighted by Gasteiger charge is -2.27. The fourth-order valence-corrected chi connectivity index (χ4v) is 1.83. The van der Waals surface area contributed by atoms with Gasteiger partial charge in [0.1, 0.15) is 0 Å². The van der Waals surface area contributed by atoms with Crippen LogP contribution in [0.5, 0.6) is 0 Å². The van der Waals surface area contributed by atoms with E-state index in [1.807, 2.05) is 0 Å². The summed E-state index contributed by atoms with van der Waals surface area (Å²) in [6.07, 6.45) is 1.01. The summed E-state index contributed by atoms with van der Waals surface area (Å²) in [5, 5.41) is 8.13. The molecule has 0 aliphatic heterocycles. The van der Waals surface area contributed by atoms with Crippen LogP contribution in [0.15, 0.2) is 6.07 Å². The van der Waals surface area contributed by atoms with Crippen LogP contribution in [0.3, 0.4) is 0 Å². The topological polar surface area (TPSA) is 29.9 Å². The second-order valence-electron chi connectivity index (χ2n) is 6.19. The number of rotatable bonds is 6. The van der Waals surface area contributed by atoms with Crippen LogP contribution in [0.4, 0.5) is 0 Å². The van der Waals surface area contributed by atoms with Gasteiger partial charge in [0, 0.05) is 13.1 Å². The summed E-state index contributed by atoms with van der Waals surface area (Å²) < 4.78 is 2.10. The van der Waals surface area contributed by atoms with Crippen molar-refractivity contribution >= 4 is 0 Å². The number of aromatic nitrogens is 2. The number of hydrogen-bond donors (Lipinski definition) is 1. The first-order valence-electron chi connectivity index (χ1n) is 7.14. The third kappa shape index (κ3) is 4.13. The van der Waals surface area contributed by atoms with Gasteiger partial charge in [-0.15, -0.1) is 0 Å². The molecule has 0 saturated heterocycles. The van der Waals surface area contributed by atoms with Crippen molar-refractivity contribution in [1.82, 2.24) is 15.1 Å². The molecule has 1 aromatic rings. The molecule has 1 aromatic heterocycles. The normalized spacial score (nSPS) is 13.9. The Kier molecular flexibility index (Phi) is 5.39. The Morgan fingerprint density at radius 2 is 2.00 bits per heavy atom. The van der Waals surface area contributed by atoms with Gasteiger partial charge in [0.2, 0.25) is 0 Å². The van der Waals surface area contributed by atoms with Crippen LogP contribution in [0.1, 0.15) is 52.9 Å². The summed E-state index contributed by atoms with van der Waals surface area (Å²) in [7, 11) is 0. The lowest BCUT2D eigenvalue weighted by molar-refractivity contribution is 0.252. The van der Waals surface area contributed by atoms with E-state index in [2.05, 4.69) is 62.7 Å². The van der Waals surface area contributed by atoms with Crippen LogP contribution in [0.2, 0.25) is 0 Å². The highest BCUT2D eigenvalue weighted by Crippen LogP contribution is 2.24. The second kappa shape index (κ2) is 6.37. The molecule has 0 aromatic carbocycles. The predicted octanol–water partition coefficient (Wildman–Crippen LogP) is 3.24. The van der Waals surface area contributed by atoms with Crippen molar-refractivity contribution in [3.63, 3.8) is 0 Å². The van der Waals surface area contributed by atoms with Gasteiger partial charge in [-0.3, -0.25) is 4.68 Å². The number of aryl methyl sites for hydroxylation is 2. The summed E-state index contributed by atoms with van der Waals surface area (Å²) in [5.41, 5.74) is 2.86. The molecule has 1 heterocycles. The van der Waals surface area contributed by atoms with E-state index in [-0.39, 0.29) is 0 Å². The van der Waals surface area contributed by atoms with Gasteiger partial charge >= 0.3 is 0 Å². The van der Waals surface area contributed by atoms with Crippen molar-refractivity contribution in [1.29, 1.82) is 0 Å². The van der Waals surface area contributed by atoms with Crippen LogP contribution in [0.25, 0.3) is 0 Å². The van der Waals surface area contributed by atoms with Crippen molar-refractivity contribution in [2.24, 2.45) is 11.3 Å². The minimum atomic E-state index is 0.368. The third-order valence-electron chi connectivity index (χ3n) is 3.81. The molecule has 3 nitrogen and oxygen atoms in total. The summed E-state index contributed by atoms with van der Waals surface area (Å²) >= 11 is 0. The fraction of sp³-hybridized carbons (Fsp3) is 0.800. The molecule has 0 radical (unpaired) electrons. The Bertz CT molecular complexity index is 360. The Balaban J connectivity index is 2.51. The van der Waals surface area contributed by atoms with E-state index in [1.165, 1.54) is 11.4 Å². The van der Waals surface area contributed by atoms with Gasteiger partial charge in [0.15, 0.2) is 0 Å². The summed E-state index contributed by atoms with van der Waals surface area (Å²) in [5.74, 6) is 0.668. The van der Waals surface area contributed by atoms with Gasteiger partial charge in [-0.2, -0.15) is 5.10 Å². The van der Waals surface area contributed by atoms with Gasteiger partial charge < -0.3 is 5.32 Å². The SMILES string of the molecule is CCc1cc(CNCC(C)C(C)(C)C)n(CC)n1. The molecule has 0 spiro atoms. The molecule has 0 saturated carbocycles. The maximum Gasteiger partial charge on any atom is 0.0625 e. The number of nitrogens with one attached hydrogen (secondary N) is 1. The van der Waals surface area contributed by atoms with E-state index in [1.54, 1.807) is 0 Å². The van der Waals surface area contributed by atoms with E-state index >= 15 is 0 Å². The number of hydrogen-bond acceptors (Lipinski definition) is 2. The molecule has 0 fully saturated rings. The summed E-state index contributed by atoms with van der Waals surface area (Å²) in [6.45, 7) is 16.4. The van der Waals surface area contributed by atoms with Crippen LogP contribution >= 0.6 is 0 Å². The highest BCUT2D eigenvalue weighted by molar-refractivity contribution is 5.10. The molecule has 18 heavy (non-hydrogen) atoms. The van der Waals surface area contributed by atoms with Crippen LogP contribution in [0, 0.1) is 11.3 Å². The Morgan fingerprint density at radius 1 is 1.33 bits per heavy atom. The number of nitrogens with zero attached hydrogens (tertiary/aromatic N) is 2. The zero-order valence-corrected chi connectivity index (χ0v) is 12.9. The Labute approximate surface area is 112 Å². The highest BCUT2D eigenvalue weighted by atomic mass is 15.3. The fourth-order valence-electron chi connectivity index (χ4n) is 1.83. The molecule has 0 aliphatic carbocycles. The monoisotopic (exact) mass is 251 g/mol. The van der Waals surface area contributed by atoms with Crippen molar-refractivity contribution in [2.45, 2.75) is 61.1 Å². The minimum absolute atomic E-state index is 0.368. The third-order valence-corrected chi connectivity index (χ3v) is 3.81. The molecule has 104 valence electrons. The molecular formula is C15H29N3. The average Bonchev–Trinajstić information content (AvgIpc) is 2.70. The zero-order valence-electron chi connectivity index (χ0n) is 12.9. The predicted molar refractivity (Wildman–Crippen MR) is 77.6 cm³/mol. The van der Waals surface area contributed by atoms with Crippen LogP contribution in [-0.2, 0) is 19.5 Å². The van der Waals surface area contributed by atoms with Gasteiger partial charge in [0.25, 0.3) is 0 Å². The lowest BCUT2D eigenvalue weighted by atomic mass is 9.82. The van der Waals surface area contributed by atoms with Crippen molar-refractivity contribution in [3.05, 3.63) is 17.5 Å². The molecular weight excluding hydrogens is 222 g/mol. The lowest BCUT2D eigenvalue weighted by Crippen LogP contribution is -2.30. The molecule has 0 bridgehead atoms. The second-order valence-corrected chi connectivity index (χ2v) is 6.19. The molecule has 3 heteroatoms. The Hall–Kier alpha value is -0.830. The zero-order chi connectivity index (χ0) is 13.8. The van der Waals surface area contributed by atoms with E-state index in [0.717, 1.165) is 26.1 Å². The van der Waals surface area contributed by atoms with E-state index in [4.69, 9.17) is 0 Å². The maximum absolute atomic E-state index is 4.57. The van der Waals surface area contributed by atoms with Gasteiger partial charge in [-0.1, -0.05) is 34.6 Å². The first kappa shape index (κ1) is 15.2. The standard InChI is InChI=1S/C15H29N3/c1-7-13-9-14(18(8-2)17-13)11-16-10-12(3)15(4,5)6/h9,12,16H,7-8,10-11H2,1-6H3. The minimum Gasteiger partial charge on any atom is -0.311 e. The highest BCUT2D eigenvalue weighted by Gasteiger charge is 2.19. The average molecular weight is 251 g/mol.